The lowest BCUT2D eigenvalue weighted by Gasteiger charge is -2.12. The molecule has 10 aromatic rings. The molecular formula is C41H25N3OS2. The van der Waals surface area contributed by atoms with Crippen LogP contribution in [-0.4, -0.2) is 18.7 Å². The van der Waals surface area contributed by atoms with Gasteiger partial charge in [-0.25, -0.2) is 4.98 Å². The van der Waals surface area contributed by atoms with Crippen LogP contribution in [0.5, 0.6) is 0 Å². The highest BCUT2D eigenvalue weighted by Crippen LogP contribution is 2.39. The maximum absolute atomic E-state index is 14.3. The molecule has 0 saturated heterocycles. The van der Waals surface area contributed by atoms with Gasteiger partial charge in [-0.1, -0.05) is 72.8 Å². The van der Waals surface area contributed by atoms with E-state index in [-0.39, 0.29) is 0 Å². The molecule has 0 amide bonds. The quantitative estimate of drug-likeness (QED) is 0.180. The van der Waals surface area contributed by atoms with Crippen molar-refractivity contribution in [3.8, 4) is 11.4 Å². The molecule has 6 heteroatoms. The highest BCUT2D eigenvalue weighted by Gasteiger charge is 2.22. The highest BCUT2D eigenvalue weighted by molar-refractivity contribution is 7.91. The lowest BCUT2D eigenvalue weighted by Crippen LogP contribution is -2.02. The van der Waals surface area contributed by atoms with E-state index in [9.17, 15) is 4.55 Å². The van der Waals surface area contributed by atoms with Gasteiger partial charge in [0.1, 0.15) is 4.83 Å². The molecule has 0 spiro atoms. The van der Waals surface area contributed by atoms with Crippen LogP contribution < -0.4 is 0 Å². The number of aromatic nitrogens is 3. The minimum atomic E-state index is -1.37. The molecule has 4 aromatic heterocycles. The highest BCUT2D eigenvalue weighted by atomic mass is 32.2. The van der Waals surface area contributed by atoms with E-state index in [2.05, 4.69) is 137 Å². The molecule has 10 rings (SSSR count). The molecule has 1 atom stereocenters. The average molecular weight is 640 g/mol. The fraction of sp³-hybridized carbons (Fsp3) is 0. The van der Waals surface area contributed by atoms with Crippen molar-refractivity contribution >= 4 is 86.4 Å². The largest absolute Gasteiger partial charge is 0.606 e. The topological polar surface area (TPSA) is 45.8 Å². The second-order valence-electron chi connectivity index (χ2n) is 11.8. The first-order valence-corrected chi connectivity index (χ1v) is 17.5. The lowest BCUT2D eigenvalue weighted by atomic mass is 10.1. The number of fused-ring (bicyclic) bond motifs is 9. The number of hydrogen-bond donors (Lipinski definition) is 0. The summed E-state index contributed by atoms with van der Waals surface area (Å²) in [6.07, 6.45) is 1.97. The lowest BCUT2D eigenvalue weighted by molar-refractivity contribution is 0.595. The van der Waals surface area contributed by atoms with Crippen molar-refractivity contribution in [1.82, 2.24) is 14.1 Å². The van der Waals surface area contributed by atoms with Crippen LogP contribution in [-0.2, 0) is 11.2 Å². The Morgan fingerprint density at radius 2 is 1.00 bits per heavy atom. The first kappa shape index (κ1) is 26.8. The molecule has 0 saturated carbocycles. The van der Waals surface area contributed by atoms with Crippen LogP contribution in [0.2, 0.25) is 0 Å². The average Bonchev–Trinajstić information content (AvgIpc) is 3.78. The molecule has 4 heterocycles. The van der Waals surface area contributed by atoms with Crippen LogP contribution >= 0.6 is 11.3 Å². The Morgan fingerprint density at radius 1 is 0.468 bits per heavy atom. The van der Waals surface area contributed by atoms with Gasteiger partial charge in [0.15, 0.2) is 9.79 Å². The van der Waals surface area contributed by atoms with Crippen molar-refractivity contribution < 1.29 is 4.55 Å². The summed E-state index contributed by atoms with van der Waals surface area (Å²) in [4.78, 5) is 7.50. The van der Waals surface area contributed by atoms with E-state index < -0.39 is 11.2 Å². The third kappa shape index (κ3) is 4.02. The van der Waals surface area contributed by atoms with Gasteiger partial charge in [-0.05, 0) is 60.7 Å². The summed E-state index contributed by atoms with van der Waals surface area (Å²) in [5.74, 6) is 0. The van der Waals surface area contributed by atoms with Crippen LogP contribution in [0.3, 0.4) is 0 Å². The predicted octanol–water partition coefficient (Wildman–Crippen LogP) is 10.8. The number of nitrogens with zero attached hydrogens (tertiary/aromatic N) is 3. The zero-order valence-electron chi connectivity index (χ0n) is 25.0. The molecule has 4 nitrogen and oxygen atoms in total. The predicted molar refractivity (Wildman–Crippen MR) is 197 cm³/mol. The first-order chi connectivity index (χ1) is 23.2. The Morgan fingerprint density at radius 3 is 1.66 bits per heavy atom. The number of thiophene rings is 1. The molecular weight excluding hydrogens is 615 g/mol. The maximum atomic E-state index is 14.3. The SMILES string of the molecule is [O-][S+](c1ccc2c(c1)c1ccccc1n2-c1ccccc1)c1ccc2c(c1)c1ccccc1n2-c1cnc2sc3ccccc3c2c1. The summed E-state index contributed by atoms with van der Waals surface area (Å²) in [6, 6.07) is 50.5. The zero-order valence-corrected chi connectivity index (χ0v) is 26.6. The van der Waals surface area contributed by atoms with Crippen LogP contribution in [0, 0.1) is 0 Å². The van der Waals surface area contributed by atoms with E-state index in [1.807, 2.05) is 24.4 Å². The van der Waals surface area contributed by atoms with E-state index >= 15 is 0 Å². The molecule has 222 valence electrons. The molecule has 6 aromatic carbocycles. The third-order valence-corrected chi connectivity index (χ3v) is 11.7. The molecule has 0 aliphatic carbocycles. The second-order valence-corrected chi connectivity index (χ2v) is 14.3. The Kier molecular flexibility index (Phi) is 5.87. The summed E-state index contributed by atoms with van der Waals surface area (Å²) in [7, 11) is 0. The molecule has 0 bridgehead atoms. The van der Waals surface area contributed by atoms with Crippen molar-refractivity contribution in [3.05, 3.63) is 152 Å². The summed E-state index contributed by atoms with van der Waals surface area (Å²) in [5, 5.41) is 6.82. The van der Waals surface area contributed by atoms with Gasteiger partial charge >= 0.3 is 0 Å². The zero-order chi connectivity index (χ0) is 31.1. The maximum Gasteiger partial charge on any atom is 0.159 e. The van der Waals surface area contributed by atoms with Gasteiger partial charge in [0, 0.05) is 66.0 Å². The third-order valence-electron chi connectivity index (χ3n) is 9.21. The van der Waals surface area contributed by atoms with Gasteiger partial charge in [0.2, 0.25) is 0 Å². The number of rotatable bonds is 4. The van der Waals surface area contributed by atoms with E-state index in [1.165, 1.54) is 10.1 Å². The molecule has 47 heavy (non-hydrogen) atoms. The normalized spacial score (nSPS) is 12.7. The van der Waals surface area contributed by atoms with Crippen LogP contribution in [0.25, 0.3) is 75.3 Å². The molecule has 0 radical (unpaired) electrons. The Bertz CT molecular complexity index is 2830. The minimum absolute atomic E-state index is 0.781. The molecule has 0 aliphatic rings. The van der Waals surface area contributed by atoms with Crippen molar-refractivity contribution in [2.24, 2.45) is 0 Å². The van der Waals surface area contributed by atoms with Gasteiger partial charge in [0.25, 0.3) is 0 Å². The number of hydrogen-bond acceptors (Lipinski definition) is 3. The fourth-order valence-corrected chi connectivity index (χ4v) is 9.26. The van der Waals surface area contributed by atoms with Gasteiger partial charge in [-0.3, -0.25) is 0 Å². The minimum Gasteiger partial charge on any atom is -0.606 e. The van der Waals surface area contributed by atoms with Gasteiger partial charge in [-0.2, -0.15) is 0 Å². The van der Waals surface area contributed by atoms with Gasteiger partial charge in [-0.15, -0.1) is 11.3 Å². The summed E-state index contributed by atoms with van der Waals surface area (Å²) in [5.41, 5.74) is 6.52. The summed E-state index contributed by atoms with van der Waals surface area (Å²) < 4.78 is 20.1. The molecule has 0 aliphatic heterocycles. The second kappa shape index (κ2) is 10.3. The molecule has 0 N–H and O–H groups in total. The molecule has 1 unspecified atom stereocenters. The Hall–Kier alpha value is -5.40. The van der Waals surface area contributed by atoms with Crippen LogP contribution in [0.1, 0.15) is 0 Å². The summed E-state index contributed by atoms with van der Waals surface area (Å²) >= 11 is 0.350. The van der Waals surface area contributed by atoms with E-state index in [0.717, 1.165) is 75.0 Å². The number of pyridine rings is 1. The van der Waals surface area contributed by atoms with Crippen molar-refractivity contribution in [1.29, 1.82) is 0 Å². The summed E-state index contributed by atoms with van der Waals surface area (Å²) in [6.45, 7) is 0. The first-order valence-electron chi connectivity index (χ1n) is 15.5. The van der Waals surface area contributed by atoms with E-state index in [0.29, 0.717) is 0 Å². The smallest absolute Gasteiger partial charge is 0.159 e. The standard InChI is InChI=1S/C41H25N3OS2/c45-47(28-18-20-38-33(23-28)30-12-4-7-15-36(30)43(38)26-10-2-1-3-11-26)29-19-21-39-34(24-29)31-13-5-8-16-37(31)44(39)27-22-35-32-14-6-9-17-40(32)46-41(35)42-25-27/h1-25H. The van der Waals surface area contributed by atoms with E-state index in [1.54, 1.807) is 11.3 Å². The monoisotopic (exact) mass is 639 g/mol. The van der Waals surface area contributed by atoms with Crippen LogP contribution in [0.4, 0.5) is 0 Å². The van der Waals surface area contributed by atoms with Gasteiger partial charge < -0.3 is 13.7 Å². The van der Waals surface area contributed by atoms with E-state index in [4.69, 9.17) is 4.98 Å². The number of para-hydroxylation sites is 3. The number of benzene rings is 6. The molecule has 0 fully saturated rings. The van der Waals surface area contributed by atoms with Gasteiger partial charge in [0.05, 0.1) is 34.0 Å². The van der Waals surface area contributed by atoms with Crippen molar-refractivity contribution in [2.45, 2.75) is 9.79 Å². The van der Waals surface area contributed by atoms with Crippen molar-refractivity contribution in [2.75, 3.05) is 0 Å². The Labute approximate surface area is 276 Å². The van der Waals surface area contributed by atoms with Crippen LogP contribution in [0.15, 0.2) is 162 Å². The Balaban J connectivity index is 1.12. The fourth-order valence-electron chi connectivity index (χ4n) is 7.12. The van der Waals surface area contributed by atoms with Crippen molar-refractivity contribution in [3.63, 3.8) is 0 Å².